The summed E-state index contributed by atoms with van der Waals surface area (Å²) in [5, 5.41) is 3.23. The van der Waals surface area contributed by atoms with E-state index in [2.05, 4.69) is 37.8 Å². The molecule has 11 heavy (non-hydrogen) atoms. The van der Waals surface area contributed by atoms with Crippen LogP contribution in [0.3, 0.4) is 0 Å². The maximum atomic E-state index is 3.23. The number of rotatable bonds is 6. The van der Waals surface area contributed by atoms with Crippen LogP contribution < -0.4 is 5.32 Å². The second-order valence-corrected chi connectivity index (χ2v) is 4.60. The lowest BCUT2D eigenvalue weighted by Crippen LogP contribution is -2.23. The summed E-state index contributed by atoms with van der Waals surface area (Å²) in [5.41, 5.74) is 0. The molecule has 1 N–H and O–H groups in total. The Bertz CT molecular complexity index is 83.6. The highest BCUT2D eigenvalue weighted by molar-refractivity contribution is 7.99. The zero-order valence-corrected chi connectivity index (χ0v) is 9.00. The van der Waals surface area contributed by atoms with E-state index < -0.39 is 0 Å². The summed E-state index contributed by atoms with van der Waals surface area (Å²) in [5.74, 6) is 3.40. The van der Waals surface area contributed by atoms with Crippen LogP contribution in [0, 0.1) is 5.92 Å². The standard InChI is InChI=1S/C9H21NS/c1-8(2)5-6-11-7-9(3)10-4/h8-10H,5-7H2,1-4H3. The first-order valence-electron chi connectivity index (χ1n) is 4.41. The van der Waals surface area contributed by atoms with Crippen molar-refractivity contribution >= 4 is 11.8 Å². The van der Waals surface area contributed by atoms with Gasteiger partial charge in [0.05, 0.1) is 0 Å². The molecule has 0 heterocycles. The molecule has 1 nitrogen and oxygen atoms in total. The summed E-state index contributed by atoms with van der Waals surface area (Å²) < 4.78 is 0. The third-order valence-corrected chi connectivity index (χ3v) is 2.96. The first-order chi connectivity index (χ1) is 5.16. The first-order valence-corrected chi connectivity index (χ1v) is 5.57. The van der Waals surface area contributed by atoms with Gasteiger partial charge in [-0.05, 0) is 32.1 Å². The molecule has 68 valence electrons. The fraction of sp³-hybridized carbons (Fsp3) is 1.00. The molecule has 1 atom stereocenters. The van der Waals surface area contributed by atoms with Crippen molar-refractivity contribution in [3.05, 3.63) is 0 Å². The van der Waals surface area contributed by atoms with Crippen molar-refractivity contribution in [2.75, 3.05) is 18.6 Å². The number of nitrogens with one attached hydrogen (secondary N) is 1. The second-order valence-electron chi connectivity index (χ2n) is 3.45. The van der Waals surface area contributed by atoms with E-state index in [1.54, 1.807) is 0 Å². The molecule has 0 amide bonds. The minimum Gasteiger partial charge on any atom is -0.316 e. The van der Waals surface area contributed by atoms with Gasteiger partial charge in [0.1, 0.15) is 0 Å². The average Bonchev–Trinajstić information content (AvgIpc) is 1.97. The fourth-order valence-corrected chi connectivity index (χ4v) is 1.99. The third kappa shape index (κ3) is 8.21. The second kappa shape index (κ2) is 6.99. The molecule has 0 bridgehead atoms. The Morgan fingerprint density at radius 3 is 2.36 bits per heavy atom. The van der Waals surface area contributed by atoms with Crippen LogP contribution in [0.4, 0.5) is 0 Å². The molecule has 0 aromatic rings. The minimum absolute atomic E-state index is 0.659. The molecule has 1 unspecified atom stereocenters. The van der Waals surface area contributed by atoms with Crippen molar-refractivity contribution < 1.29 is 0 Å². The Morgan fingerprint density at radius 1 is 1.27 bits per heavy atom. The maximum absolute atomic E-state index is 3.23. The summed E-state index contributed by atoms with van der Waals surface area (Å²) in [4.78, 5) is 0. The number of thioether (sulfide) groups is 1. The van der Waals surface area contributed by atoms with Gasteiger partial charge in [-0.25, -0.2) is 0 Å². The van der Waals surface area contributed by atoms with Gasteiger partial charge >= 0.3 is 0 Å². The highest BCUT2D eigenvalue weighted by Gasteiger charge is 1.98. The van der Waals surface area contributed by atoms with Gasteiger partial charge in [-0.15, -0.1) is 0 Å². The molecule has 0 spiro atoms. The molecule has 0 aliphatic rings. The van der Waals surface area contributed by atoms with Gasteiger partial charge in [-0.2, -0.15) is 11.8 Å². The molecule has 0 fully saturated rings. The Morgan fingerprint density at radius 2 is 1.91 bits per heavy atom. The molecule has 0 aromatic carbocycles. The van der Waals surface area contributed by atoms with E-state index in [1.807, 2.05) is 7.05 Å². The van der Waals surface area contributed by atoms with Gasteiger partial charge in [0.2, 0.25) is 0 Å². The molecule has 0 aliphatic heterocycles. The minimum atomic E-state index is 0.659. The summed E-state index contributed by atoms with van der Waals surface area (Å²) in [7, 11) is 2.02. The van der Waals surface area contributed by atoms with Crippen LogP contribution in [0.15, 0.2) is 0 Å². The molecule has 0 saturated heterocycles. The summed E-state index contributed by atoms with van der Waals surface area (Å²) in [6.45, 7) is 6.78. The van der Waals surface area contributed by atoms with Gasteiger partial charge in [-0.3, -0.25) is 0 Å². The predicted molar refractivity (Wildman–Crippen MR) is 55.3 cm³/mol. The average molecular weight is 175 g/mol. The molecule has 0 radical (unpaired) electrons. The van der Waals surface area contributed by atoms with Gasteiger partial charge < -0.3 is 5.32 Å². The van der Waals surface area contributed by atoms with Crippen LogP contribution in [0.1, 0.15) is 27.2 Å². The number of hydrogen-bond donors (Lipinski definition) is 1. The molecular weight excluding hydrogens is 154 g/mol. The van der Waals surface area contributed by atoms with E-state index in [9.17, 15) is 0 Å². The van der Waals surface area contributed by atoms with Crippen LogP contribution in [0.5, 0.6) is 0 Å². The zero-order chi connectivity index (χ0) is 8.69. The summed E-state index contributed by atoms with van der Waals surface area (Å²) in [6.07, 6.45) is 1.35. The SMILES string of the molecule is CNC(C)CSCCC(C)C. The topological polar surface area (TPSA) is 12.0 Å². The highest BCUT2D eigenvalue weighted by Crippen LogP contribution is 2.09. The Hall–Kier alpha value is 0.310. The smallest absolute Gasteiger partial charge is 0.0126 e. The number of hydrogen-bond acceptors (Lipinski definition) is 2. The lowest BCUT2D eigenvalue weighted by Gasteiger charge is -2.09. The Balaban J connectivity index is 3.01. The van der Waals surface area contributed by atoms with Crippen LogP contribution in [-0.2, 0) is 0 Å². The molecule has 0 aromatic heterocycles. The van der Waals surface area contributed by atoms with Crippen molar-refractivity contribution in [1.82, 2.24) is 5.32 Å². The molecule has 0 aliphatic carbocycles. The van der Waals surface area contributed by atoms with Crippen molar-refractivity contribution in [3.8, 4) is 0 Å². The first kappa shape index (κ1) is 11.3. The van der Waals surface area contributed by atoms with Crippen molar-refractivity contribution in [2.45, 2.75) is 33.2 Å². The van der Waals surface area contributed by atoms with Crippen LogP contribution in [0.2, 0.25) is 0 Å². The van der Waals surface area contributed by atoms with Crippen molar-refractivity contribution in [2.24, 2.45) is 5.92 Å². The Kier molecular flexibility index (Phi) is 7.18. The van der Waals surface area contributed by atoms with E-state index in [0.29, 0.717) is 6.04 Å². The van der Waals surface area contributed by atoms with Gasteiger partial charge in [0.15, 0.2) is 0 Å². The zero-order valence-electron chi connectivity index (χ0n) is 8.18. The maximum Gasteiger partial charge on any atom is 0.0126 e. The van der Waals surface area contributed by atoms with Crippen LogP contribution in [-0.4, -0.2) is 24.6 Å². The largest absolute Gasteiger partial charge is 0.316 e. The van der Waals surface area contributed by atoms with E-state index in [0.717, 1.165) is 5.92 Å². The van der Waals surface area contributed by atoms with Crippen LogP contribution >= 0.6 is 11.8 Å². The molecular formula is C9H21NS. The summed E-state index contributed by atoms with van der Waals surface area (Å²) >= 11 is 2.05. The fourth-order valence-electron chi connectivity index (χ4n) is 0.662. The van der Waals surface area contributed by atoms with Gasteiger partial charge in [0, 0.05) is 11.8 Å². The van der Waals surface area contributed by atoms with Gasteiger partial charge in [-0.1, -0.05) is 13.8 Å². The normalized spacial score (nSPS) is 13.9. The molecule has 2 heteroatoms. The van der Waals surface area contributed by atoms with Crippen molar-refractivity contribution in [3.63, 3.8) is 0 Å². The summed E-state index contributed by atoms with van der Waals surface area (Å²) in [6, 6.07) is 0.659. The van der Waals surface area contributed by atoms with Crippen LogP contribution in [0.25, 0.3) is 0 Å². The van der Waals surface area contributed by atoms with E-state index >= 15 is 0 Å². The van der Waals surface area contributed by atoms with E-state index in [4.69, 9.17) is 0 Å². The Labute approximate surface area is 75.3 Å². The van der Waals surface area contributed by atoms with Gasteiger partial charge in [0.25, 0.3) is 0 Å². The lowest BCUT2D eigenvalue weighted by molar-refractivity contribution is 0.630. The van der Waals surface area contributed by atoms with E-state index in [-0.39, 0.29) is 0 Å². The molecule has 0 saturated carbocycles. The monoisotopic (exact) mass is 175 g/mol. The third-order valence-electron chi connectivity index (χ3n) is 1.70. The van der Waals surface area contributed by atoms with Crippen molar-refractivity contribution in [1.29, 1.82) is 0 Å². The predicted octanol–water partition coefficient (Wildman–Crippen LogP) is 2.37. The molecule has 0 rings (SSSR count). The quantitative estimate of drug-likeness (QED) is 0.622. The van der Waals surface area contributed by atoms with E-state index in [1.165, 1.54) is 17.9 Å². The lowest BCUT2D eigenvalue weighted by atomic mass is 10.2. The highest BCUT2D eigenvalue weighted by atomic mass is 32.2.